The Hall–Kier alpha value is -2.47. The summed E-state index contributed by atoms with van der Waals surface area (Å²) in [7, 11) is 1.86. The normalized spacial score (nSPS) is 34.5. The first kappa shape index (κ1) is 35.6. The second-order valence-electron chi connectivity index (χ2n) is 16.5. The number of nitrogens with zero attached hydrogens (tertiary/aromatic N) is 4. The van der Waals surface area contributed by atoms with Gasteiger partial charge in [0.25, 0.3) is 5.91 Å². The van der Waals surface area contributed by atoms with Crippen molar-refractivity contribution < 1.29 is 23.2 Å². The van der Waals surface area contributed by atoms with Gasteiger partial charge in [-0.15, -0.1) is 0 Å². The summed E-state index contributed by atoms with van der Waals surface area (Å²) in [6.07, 6.45) is 9.30. The first-order valence-electron chi connectivity index (χ1n) is 18.9. The molecule has 2 aromatic rings. The van der Waals surface area contributed by atoms with Crippen LogP contribution in [-0.2, 0) is 31.9 Å². The van der Waals surface area contributed by atoms with Crippen LogP contribution in [0.5, 0.6) is 5.75 Å². The number of likely N-dealkylation sites (tertiary alicyclic amines) is 2. The van der Waals surface area contributed by atoms with Crippen LogP contribution in [0.3, 0.4) is 0 Å². The Kier molecular flexibility index (Phi) is 10.0. The van der Waals surface area contributed by atoms with Crippen molar-refractivity contribution >= 4 is 33.8 Å². The molecular weight excluding hydrogens is 684 g/mol. The van der Waals surface area contributed by atoms with Crippen LogP contribution >= 0.6 is 11.6 Å². The van der Waals surface area contributed by atoms with Crippen molar-refractivity contribution in [3.63, 3.8) is 0 Å². The first-order chi connectivity index (χ1) is 24.6. The first-order valence-corrected chi connectivity index (χ1v) is 20.7. The van der Waals surface area contributed by atoms with Crippen molar-refractivity contribution in [2.75, 3.05) is 83.8 Å². The lowest BCUT2D eigenvalue weighted by molar-refractivity contribution is -0.112. The van der Waals surface area contributed by atoms with E-state index in [0.717, 1.165) is 81.3 Å². The molecule has 4 aliphatic heterocycles. The molecule has 1 saturated carbocycles. The van der Waals surface area contributed by atoms with E-state index in [2.05, 4.69) is 50.4 Å². The maximum absolute atomic E-state index is 13.6. The summed E-state index contributed by atoms with van der Waals surface area (Å²) < 4.78 is 37.0. The molecule has 3 fully saturated rings. The van der Waals surface area contributed by atoms with Gasteiger partial charge in [0.05, 0.1) is 31.1 Å². The number of hydrogen-bond donors (Lipinski definition) is 1. The van der Waals surface area contributed by atoms with Crippen molar-refractivity contribution in [3.05, 3.63) is 70.3 Å². The Morgan fingerprint density at radius 1 is 1.06 bits per heavy atom. The van der Waals surface area contributed by atoms with Crippen LogP contribution in [0.4, 0.5) is 5.69 Å². The molecule has 9 nitrogen and oxygen atoms in total. The molecule has 1 unspecified atom stereocenters. The maximum Gasteiger partial charge on any atom is 0.284 e. The summed E-state index contributed by atoms with van der Waals surface area (Å²) >= 11 is 6.47. The molecule has 2 bridgehead atoms. The largest absolute Gasteiger partial charge is 0.490 e. The van der Waals surface area contributed by atoms with Gasteiger partial charge >= 0.3 is 0 Å². The molecule has 0 aromatic heterocycles. The zero-order chi connectivity index (χ0) is 35.3. The van der Waals surface area contributed by atoms with Gasteiger partial charge in [0, 0.05) is 90.7 Å². The molecule has 2 spiro atoms. The molecule has 4 heterocycles. The Morgan fingerprint density at radius 3 is 2.65 bits per heavy atom. The van der Waals surface area contributed by atoms with Crippen LogP contribution in [0.2, 0.25) is 5.02 Å². The van der Waals surface area contributed by atoms with E-state index in [1.54, 1.807) is 13.2 Å². The molecule has 51 heavy (non-hydrogen) atoms. The van der Waals surface area contributed by atoms with Crippen LogP contribution in [0, 0.1) is 23.2 Å². The van der Waals surface area contributed by atoms with E-state index in [9.17, 15) is 9.00 Å². The Balaban J connectivity index is 1.07. The minimum Gasteiger partial charge on any atom is -0.490 e. The number of methoxy groups -OCH3 is 1. The highest BCUT2D eigenvalue weighted by Gasteiger charge is 2.50. The second-order valence-corrected chi connectivity index (χ2v) is 18.2. The highest BCUT2D eigenvalue weighted by atomic mass is 35.5. The number of halogens is 1. The lowest BCUT2D eigenvalue weighted by Crippen LogP contribution is -2.71. The third-order valence-corrected chi connectivity index (χ3v) is 14.2. The maximum atomic E-state index is 13.6. The van der Waals surface area contributed by atoms with Crippen LogP contribution in [-0.4, -0.2) is 111 Å². The summed E-state index contributed by atoms with van der Waals surface area (Å²) in [5.74, 6) is 1.26. The molecule has 276 valence electrons. The molecule has 1 amide bonds. The number of thiol groups is 1. The van der Waals surface area contributed by atoms with Crippen molar-refractivity contribution in [1.29, 1.82) is 0 Å². The van der Waals surface area contributed by atoms with E-state index in [1.165, 1.54) is 24.2 Å². The number of rotatable bonds is 5. The fraction of sp³-hybridized carbons (Fsp3) is 0.625. The Morgan fingerprint density at radius 2 is 1.88 bits per heavy atom. The number of aryl methyl sites for hydroxylation is 1. The van der Waals surface area contributed by atoms with Crippen LogP contribution < -0.4 is 9.64 Å². The van der Waals surface area contributed by atoms with Gasteiger partial charge in [-0.1, -0.05) is 36.7 Å². The minimum absolute atomic E-state index is 0.0543. The number of carbonyl (C=O) groups is 1. The number of ether oxygens (including phenoxy) is 3. The molecule has 0 radical (unpaired) electrons. The predicted molar refractivity (Wildman–Crippen MR) is 203 cm³/mol. The quantitative estimate of drug-likeness (QED) is 0.319. The minimum atomic E-state index is -2.14. The van der Waals surface area contributed by atoms with Gasteiger partial charge in [0.15, 0.2) is 0 Å². The number of fused-ring (bicyclic) bond motifs is 4. The molecular formula is C40H53ClN4O5S. The van der Waals surface area contributed by atoms with Crippen LogP contribution in [0.25, 0.3) is 0 Å². The third-order valence-electron chi connectivity index (χ3n) is 12.7. The van der Waals surface area contributed by atoms with E-state index in [-0.39, 0.29) is 29.3 Å². The zero-order valence-corrected chi connectivity index (χ0v) is 31.9. The van der Waals surface area contributed by atoms with Crippen molar-refractivity contribution in [2.45, 2.75) is 56.7 Å². The number of amides is 1. The number of hydrogen-bond acceptors (Lipinski definition) is 8. The Bertz CT molecular complexity index is 1750. The molecule has 2 aliphatic carbocycles. The van der Waals surface area contributed by atoms with Gasteiger partial charge in [-0.2, -0.15) is 4.36 Å². The Labute approximate surface area is 309 Å². The van der Waals surface area contributed by atoms with Gasteiger partial charge in [-0.05, 0) is 98.4 Å². The molecule has 8 rings (SSSR count). The van der Waals surface area contributed by atoms with Gasteiger partial charge in [0.2, 0.25) is 0 Å². The highest BCUT2D eigenvalue weighted by molar-refractivity contribution is 7.75. The molecule has 6 aliphatic rings. The molecule has 0 N–H and O–H groups in total. The summed E-state index contributed by atoms with van der Waals surface area (Å²) in [6.45, 7) is 10.3. The van der Waals surface area contributed by atoms with Gasteiger partial charge in [-0.25, -0.2) is 0 Å². The van der Waals surface area contributed by atoms with E-state index in [0.29, 0.717) is 36.0 Å². The number of benzene rings is 2. The van der Waals surface area contributed by atoms with Crippen molar-refractivity contribution in [1.82, 2.24) is 9.80 Å². The molecule has 11 heteroatoms. The average Bonchev–Trinajstić information content (AvgIpc) is 3.21. The van der Waals surface area contributed by atoms with E-state index < -0.39 is 16.5 Å². The van der Waals surface area contributed by atoms with Crippen molar-refractivity contribution in [3.8, 4) is 5.75 Å². The molecule has 2 saturated heterocycles. The smallest absolute Gasteiger partial charge is 0.284 e. The van der Waals surface area contributed by atoms with E-state index >= 15 is 0 Å². The summed E-state index contributed by atoms with van der Waals surface area (Å²) in [5.41, 5.74) is 4.24. The number of carbonyl (C=O) groups excluding carboxylic acids is 1. The second kappa shape index (κ2) is 14.4. The SMILES string of the molecule is CO[C@H]1/C=C/[C@H](OCCN2CC3(CN(C)C3)C2)[C@H](C)C/[SH](=O)=N\C(=O)c2ccc3c(c2)N(C[C@@H]2CC[C@H]21)C[C@@]1(CCCc2cc(Cl)ccc21)CO3. The molecule has 2 aromatic carbocycles. The van der Waals surface area contributed by atoms with E-state index in [4.69, 9.17) is 25.8 Å². The highest BCUT2D eigenvalue weighted by Crippen LogP contribution is 2.47. The van der Waals surface area contributed by atoms with Crippen LogP contribution in [0.1, 0.15) is 54.1 Å². The lowest BCUT2D eigenvalue weighted by Gasteiger charge is -2.59. The fourth-order valence-corrected chi connectivity index (χ4v) is 11.3. The van der Waals surface area contributed by atoms with Crippen molar-refractivity contribution in [2.24, 2.45) is 27.5 Å². The summed E-state index contributed by atoms with van der Waals surface area (Å²) in [4.78, 5) is 20.9. The standard InChI is InChI=1S/C40H53ClN4O5S/c1-27-20-51(47)42-38(46)29-7-11-37-34(18-29)45(25-40(26-50-37)14-4-5-28-17-31(41)8-10-33(28)40)19-30-6-9-32(30)36(48-3)13-12-35(27)49-16-15-44-23-39(24-44)21-43(2)22-39/h7-8,10-13,17-18,27,30,32,35-36,51H,4-6,9,14-16,19-26H2,1-3H3/b13-12+/t27-,30+,32-,35+,36+,40+/m1/s1. The monoisotopic (exact) mass is 736 g/mol. The summed E-state index contributed by atoms with van der Waals surface area (Å²) in [5, 5.41) is 0.767. The zero-order valence-electron chi connectivity index (χ0n) is 30.3. The topological polar surface area (TPSA) is 83.9 Å². The summed E-state index contributed by atoms with van der Waals surface area (Å²) in [6, 6.07) is 11.9. The fourth-order valence-electron chi connectivity index (χ4n) is 10.0. The lowest BCUT2D eigenvalue weighted by atomic mass is 9.68. The third kappa shape index (κ3) is 7.13. The number of anilines is 1. The average molecular weight is 737 g/mol. The van der Waals surface area contributed by atoms with Crippen LogP contribution in [0.15, 0.2) is 52.9 Å². The van der Waals surface area contributed by atoms with Gasteiger partial charge in [0.1, 0.15) is 5.75 Å². The van der Waals surface area contributed by atoms with Gasteiger partial charge in [-0.3, -0.25) is 13.9 Å². The molecule has 7 atom stereocenters. The predicted octanol–water partition coefficient (Wildman–Crippen LogP) is 5.50. The van der Waals surface area contributed by atoms with Gasteiger partial charge < -0.3 is 24.0 Å². The van der Waals surface area contributed by atoms with E-state index in [1.807, 2.05) is 25.1 Å².